The fraction of sp³-hybridized carbons (Fsp3) is 0.875. The van der Waals surface area contributed by atoms with E-state index in [1.807, 2.05) is 0 Å². The summed E-state index contributed by atoms with van der Waals surface area (Å²) in [7, 11) is 1.77. The summed E-state index contributed by atoms with van der Waals surface area (Å²) in [4.78, 5) is 4.86. The van der Waals surface area contributed by atoms with E-state index in [0.29, 0.717) is 26.7 Å². The summed E-state index contributed by atoms with van der Waals surface area (Å²) >= 11 is -1.20. The number of nitrogens with two attached hydrogens (primary N) is 1. The number of ether oxygens (including phenoxy) is 1. The van der Waals surface area contributed by atoms with Gasteiger partial charge in [0.05, 0.1) is 0 Å². The molecule has 0 bridgehead atoms. The van der Waals surface area contributed by atoms with Crippen LogP contribution < -0.4 is 11.1 Å². The topological polar surface area (TPSA) is 50.5 Å². The van der Waals surface area contributed by atoms with Gasteiger partial charge in [0, 0.05) is 0 Å². The minimum absolute atomic E-state index is 0.216. The summed E-state index contributed by atoms with van der Waals surface area (Å²) in [6, 6.07) is 0.216. The average molecular weight is 411 g/mol. The molecular weight excluding hydrogens is 377 g/mol. The zero-order valence-electron chi connectivity index (χ0n) is 14.3. The maximum atomic E-state index is 6.79. The maximum absolute atomic E-state index is 6.79. The average Bonchev–Trinajstić information content (AvgIpc) is 2.48. The van der Waals surface area contributed by atoms with Crippen LogP contribution in [0.4, 0.5) is 0 Å². The number of rotatable bonds is 8. The summed E-state index contributed by atoms with van der Waals surface area (Å²) in [5, 5.41) is 3.61. The summed E-state index contributed by atoms with van der Waals surface area (Å²) < 4.78 is 6.55. The quantitative estimate of drug-likeness (QED) is 0.279. The molecule has 1 fully saturated rings. The van der Waals surface area contributed by atoms with Crippen LogP contribution in [0.1, 0.15) is 33.6 Å². The predicted octanol–water partition coefficient (Wildman–Crippen LogP) is 2.83. The van der Waals surface area contributed by atoms with Gasteiger partial charge in [-0.2, -0.15) is 0 Å². The minimum atomic E-state index is -1.20. The summed E-state index contributed by atoms with van der Waals surface area (Å²) in [5.74, 6) is 1.03. The van der Waals surface area contributed by atoms with Crippen LogP contribution in [0, 0.1) is 11.8 Å². The van der Waals surface area contributed by atoms with Crippen molar-refractivity contribution in [3.05, 3.63) is 12.7 Å². The third-order valence-electron chi connectivity index (χ3n) is 4.70. The van der Waals surface area contributed by atoms with E-state index in [4.69, 9.17) is 10.5 Å². The Hall–Kier alpha value is 0.310. The zero-order valence-corrected chi connectivity index (χ0v) is 16.5. The molecule has 0 aromatic rings. The van der Waals surface area contributed by atoms with Gasteiger partial charge in [-0.15, -0.1) is 0 Å². The number of allylic oxidation sites excluding steroid dienone is 1. The summed E-state index contributed by atoms with van der Waals surface area (Å²) in [5.41, 5.74) is 6.79. The molecule has 0 saturated carbocycles. The van der Waals surface area contributed by atoms with Gasteiger partial charge in [-0.05, 0) is 0 Å². The molecule has 0 aromatic heterocycles. The Morgan fingerprint density at radius 2 is 2.14 bits per heavy atom. The molecule has 1 rings (SSSR count). The molecule has 3 N–H and O–H groups in total. The molecule has 1 heterocycles. The van der Waals surface area contributed by atoms with E-state index in [9.17, 15) is 0 Å². The van der Waals surface area contributed by atoms with E-state index < -0.39 is 19.8 Å². The van der Waals surface area contributed by atoms with Crippen LogP contribution in [0.2, 0.25) is 0 Å². The normalized spacial score (nSPS) is 29.9. The Bertz CT molecular complexity index is 316. The number of nitrogens with one attached hydrogen (secondary N) is 1. The van der Waals surface area contributed by atoms with Crippen LogP contribution in [0.15, 0.2) is 12.7 Å². The fourth-order valence-corrected chi connectivity index (χ4v) is 8.77. The van der Waals surface area contributed by atoms with E-state index in [1.165, 1.54) is 0 Å². The molecule has 1 saturated heterocycles. The molecule has 4 nitrogen and oxygen atoms in total. The van der Waals surface area contributed by atoms with Crippen LogP contribution in [0.5, 0.6) is 0 Å². The van der Waals surface area contributed by atoms with E-state index in [0.717, 1.165) is 19.5 Å². The Balaban J connectivity index is 2.95. The molecule has 1 aliphatic heterocycles. The van der Waals surface area contributed by atoms with Crippen LogP contribution in [-0.4, -0.2) is 44.5 Å². The van der Waals surface area contributed by atoms with Gasteiger partial charge in [-0.1, -0.05) is 0 Å². The number of methoxy groups -OCH3 is 1. The SMILES string of the molecule is C=C[C@H](CC)[C@@H](CC)[C@H](N)[C@@H]1N(COC)CN[C@H](C)I1C. The Morgan fingerprint density at radius 1 is 1.48 bits per heavy atom. The third-order valence-corrected chi connectivity index (χ3v) is 11.7. The zero-order chi connectivity index (χ0) is 16.0. The number of halogens is 1. The molecule has 1 aliphatic rings. The molecule has 0 radical (unpaired) electrons. The van der Waals surface area contributed by atoms with Crippen molar-refractivity contribution in [1.29, 1.82) is 0 Å². The van der Waals surface area contributed by atoms with E-state index in [-0.39, 0.29) is 6.04 Å². The van der Waals surface area contributed by atoms with E-state index >= 15 is 0 Å². The fourth-order valence-electron chi connectivity index (χ4n) is 3.33. The van der Waals surface area contributed by atoms with Crippen molar-refractivity contribution in [2.24, 2.45) is 17.6 Å². The van der Waals surface area contributed by atoms with Gasteiger partial charge in [0.15, 0.2) is 0 Å². The van der Waals surface area contributed by atoms with Gasteiger partial charge in [0.2, 0.25) is 0 Å². The van der Waals surface area contributed by atoms with Gasteiger partial charge in [-0.3, -0.25) is 0 Å². The number of hydrogen-bond donors (Lipinski definition) is 2. The Labute approximate surface area is 138 Å². The molecule has 5 heteroatoms. The van der Waals surface area contributed by atoms with Crippen LogP contribution in [-0.2, 0) is 4.74 Å². The first-order chi connectivity index (χ1) is 10.0. The first-order valence-corrected chi connectivity index (χ1v) is 12.6. The second-order valence-corrected chi connectivity index (χ2v) is 12.2. The second kappa shape index (κ2) is 9.45. The van der Waals surface area contributed by atoms with Gasteiger partial charge in [0.1, 0.15) is 0 Å². The Kier molecular flexibility index (Phi) is 8.71. The van der Waals surface area contributed by atoms with Crippen molar-refractivity contribution in [3.63, 3.8) is 0 Å². The number of hydrogen-bond acceptors (Lipinski definition) is 4. The van der Waals surface area contributed by atoms with Crippen molar-refractivity contribution in [2.75, 3.05) is 25.4 Å². The first kappa shape index (κ1) is 19.4. The second-order valence-electron chi connectivity index (χ2n) is 5.88. The molecule has 0 aliphatic carbocycles. The van der Waals surface area contributed by atoms with Crippen molar-refractivity contribution in [3.8, 4) is 0 Å². The van der Waals surface area contributed by atoms with Gasteiger partial charge >= 0.3 is 138 Å². The number of alkyl halides is 3. The van der Waals surface area contributed by atoms with Crippen molar-refractivity contribution < 1.29 is 4.74 Å². The molecule has 0 amide bonds. The summed E-state index contributed by atoms with van der Waals surface area (Å²) in [6.07, 6.45) is 4.35. The molecule has 126 valence electrons. The van der Waals surface area contributed by atoms with Crippen LogP contribution in [0.3, 0.4) is 0 Å². The van der Waals surface area contributed by atoms with Gasteiger partial charge in [0.25, 0.3) is 0 Å². The van der Waals surface area contributed by atoms with Gasteiger partial charge < -0.3 is 0 Å². The van der Waals surface area contributed by atoms with E-state index in [2.05, 4.69) is 48.6 Å². The van der Waals surface area contributed by atoms with Crippen molar-refractivity contribution >= 4 is 19.8 Å². The summed E-state index contributed by atoms with van der Waals surface area (Å²) in [6.45, 7) is 12.4. The number of nitrogens with zero attached hydrogens (tertiary/aromatic N) is 1. The molecular formula is C16H34IN3O. The monoisotopic (exact) mass is 411 g/mol. The van der Waals surface area contributed by atoms with Crippen LogP contribution >= 0.6 is 19.8 Å². The molecule has 0 aromatic carbocycles. The van der Waals surface area contributed by atoms with Gasteiger partial charge in [-0.25, -0.2) is 0 Å². The first-order valence-electron chi connectivity index (χ1n) is 7.93. The van der Waals surface area contributed by atoms with Crippen molar-refractivity contribution in [1.82, 2.24) is 10.2 Å². The molecule has 0 unspecified atom stereocenters. The third kappa shape index (κ3) is 4.64. The molecule has 21 heavy (non-hydrogen) atoms. The standard InChI is InChI=1S/C16H34IN3O/c1-7-13(8-2)14(9-3)15(18)16-17(5)12(4)19-10-20(16)11-21-6/h7,12-16,19H,1,8-11,18H2,2-6H3/t12-,13-,14-,15+,16+/m1/s1. The van der Waals surface area contributed by atoms with E-state index in [1.54, 1.807) is 7.11 Å². The predicted molar refractivity (Wildman–Crippen MR) is 101 cm³/mol. The Morgan fingerprint density at radius 3 is 2.62 bits per heavy atom. The van der Waals surface area contributed by atoms with Crippen LogP contribution in [0.25, 0.3) is 0 Å². The van der Waals surface area contributed by atoms with Crippen molar-refractivity contribution in [2.45, 2.75) is 47.8 Å². The molecule has 5 atom stereocenters. The molecule has 0 spiro atoms.